The Bertz CT molecular complexity index is 1890. The first kappa shape index (κ1) is 28.2. The Labute approximate surface area is 245 Å². The number of sulfone groups is 1. The van der Waals surface area contributed by atoms with Crippen molar-refractivity contribution in [3.63, 3.8) is 0 Å². The van der Waals surface area contributed by atoms with Crippen LogP contribution in [0.4, 0.5) is 14.5 Å². The molecule has 0 aliphatic carbocycles. The number of para-hydroxylation sites is 1. The first-order valence-electron chi connectivity index (χ1n) is 13.3. The Morgan fingerprint density at radius 3 is 2.47 bits per heavy atom. The second-order valence-corrected chi connectivity index (χ2v) is 12.5. The van der Waals surface area contributed by atoms with Crippen molar-refractivity contribution in [2.45, 2.75) is 12.7 Å². The number of nitrogens with zero attached hydrogens (tertiary/aromatic N) is 3. The van der Waals surface area contributed by atoms with Gasteiger partial charge in [0.15, 0.2) is 0 Å². The van der Waals surface area contributed by atoms with Gasteiger partial charge in [-0.25, -0.2) is 26.9 Å². The maximum atomic E-state index is 15.0. The van der Waals surface area contributed by atoms with E-state index in [1.54, 1.807) is 42.5 Å². The van der Waals surface area contributed by atoms with Gasteiger partial charge in [-0.1, -0.05) is 54.6 Å². The van der Waals surface area contributed by atoms with Gasteiger partial charge in [0, 0.05) is 28.9 Å². The molecule has 10 nitrogen and oxygen atoms in total. The Hall–Kier alpha value is -4.91. The lowest BCUT2D eigenvalue weighted by Gasteiger charge is -2.24. The van der Waals surface area contributed by atoms with E-state index in [0.717, 1.165) is 6.26 Å². The van der Waals surface area contributed by atoms with Crippen LogP contribution in [0, 0.1) is 17.6 Å². The van der Waals surface area contributed by atoms with E-state index in [0.29, 0.717) is 11.1 Å². The monoisotopic (exact) mass is 605 g/mol. The summed E-state index contributed by atoms with van der Waals surface area (Å²) in [6.07, 6.45) is -0.401. The number of halogens is 2. The van der Waals surface area contributed by atoms with Gasteiger partial charge in [0.25, 0.3) is 11.8 Å². The second-order valence-electron chi connectivity index (χ2n) is 10.3. The van der Waals surface area contributed by atoms with Gasteiger partial charge in [-0.2, -0.15) is 5.10 Å². The molecule has 0 radical (unpaired) electrons. The van der Waals surface area contributed by atoms with Crippen molar-refractivity contribution in [2.75, 3.05) is 23.9 Å². The number of amides is 2. The predicted molar refractivity (Wildman–Crippen MR) is 155 cm³/mol. The Kier molecular flexibility index (Phi) is 7.26. The summed E-state index contributed by atoms with van der Waals surface area (Å²) in [7, 11) is -3.33. The van der Waals surface area contributed by atoms with Gasteiger partial charge in [-0.05, 0) is 18.2 Å². The highest BCUT2D eigenvalue weighted by molar-refractivity contribution is 7.90. The summed E-state index contributed by atoms with van der Waals surface area (Å²) in [6.45, 7) is 0.0799. The molecular weight excluding hydrogens is 580 g/mol. The normalized spacial score (nSPS) is 17.9. The maximum Gasteiger partial charge on any atom is 0.269 e. The molecule has 6 rings (SSSR count). The Balaban J connectivity index is 1.42. The summed E-state index contributed by atoms with van der Waals surface area (Å²) in [6, 6.07) is 18.8. The van der Waals surface area contributed by atoms with E-state index < -0.39 is 45.4 Å². The number of rotatable bonds is 6. The topological polar surface area (TPSA) is 132 Å². The lowest BCUT2D eigenvalue weighted by Crippen LogP contribution is -2.42. The molecule has 0 bridgehead atoms. The van der Waals surface area contributed by atoms with Crippen LogP contribution in [0.3, 0.4) is 0 Å². The molecule has 43 heavy (non-hydrogen) atoms. The predicted octanol–water partition coefficient (Wildman–Crippen LogP) is 3.43. The van der Waals surface area contributed by atoms with Crippen molar-refractivity contribution >= 4 is 33.1 Å². The quantitative estimate of drug-likeness (QED) is 0.346. The van der Waals surface area contributed by atoms with Gasteiger partial charge >= 0.3 is 0 Å². The van der Waals surface area contributed by atoms with Crippen molar-refractivity contribution < 1.29 is 31.5 Å². The molecule has 4 aromatic rings. The van der Waals surface area contributed by atoms with Crippen LogP contribution in [0.15, 0.2) is 77.8 Å². The van der Waals surface area contributed by atoms with Gasteiger partial charge in [0.1, 0.15) is 32.7 Å². The summed E-state index contributed by atoms with van der Waals surface area (Å²) in [5.41, 5.74) is 0.895. The third-order valence-corrected chi connectivity index (χ3v) is 8.10. The molecule has 0 fully saturated rings. The molecule has 2 N–H and O–H groups in total. The summed E-state index contributed by atoms with van der Waals surface area (Å²) in [4.78, 5) is 31.8. The summed E-state index contributed by atoms with van der Waals surface area (Å²) in [5.74, 6) is -3.59. The number of fused-ring (bicyclic) bond motifs is 2. The van der Waals surface area contributed by atoms with Crippen molar-refractivity contribution in [3.8, 4) is 17.1 Å². The van der Waals surface area contributed by atoms with E-state index >= 15 is 0 Å². The third kappa shape index (κ3) is 5.63. The van der Waals surface area contributed by atoms with Crippen LogP contribution in [-0.4, -0.2) is 60.5 Å². The molecule has 2 aliphatic heterocycles. The standard InChI is InChI=1S/C30H25F2N5O5S/c1-43(40,41)16-17-14-37-30(42-15-17)23(26(36-37)19-10-5-6-12-21(19)31)28(38)35-27-29(39)34-25-20(11-7-13-22(25)32)24(33-27)18-8-3-2-4-9-18/h2-13,17,27H,14-16H2,1H3,(H,34,39)(H,35,38)/t17?,27-/m1/s1. The number of nitrogens with one attached hydrogen (secondary N) is 2. The molecule has 2 aliphatic rings. The molecule has 0 spiro atoms. The second kappa shape index (κ2) is 11.1. The zero-order chi connectivity index (χ0) is 30.3. The molecular formula is C30H25F2N5O5S. The average Bonchev–Trinajstić information content (AvgIpc) is 3.27. The van der Waals surface area contributed by atoms with Crippen LogP contribution in [0.2, 0.25) is 0 Å². The van der Waals surface area contributed by atoms with E-state index in [-0.39, 0.29) is 53.0 Å². The highest BCUT2D eigenvalue weighted by Gasteiger charge is 2.35. The summed E-state index contributed by atoms with van der Waals surface area (Å²) in [5, 5.41) is 9.54. The van der Waals surface area contributed by atoms with Crippen molar-refractivity contribution in [2.24, 2.45) is 10.9 Å². The summed E-state index contributed by atoms with van der Waals surface area (Å²) >= 11 is 0. The lowest BCUT2D eigenvalue weighted by molar-refractivity contribution is -0.117. The van der Waals surface area contributed by atoms with Crippen molar-refractivity contribution in [3.05, 3.63) is 101 Å². The number of aliphatic imine (C=N–C) groups is 1. The molecule has 0 saturated carbocycles. The maximum absolute atomic E-state index is 15.0. The first-order chi connectivity index (χ1) is 20.6. The third-order valence-electron chi connectivity index (χ3n) is 7.03. The van der Waals surface area contributed by atoms with Crippen LogP contribution in [0.5, 0.6) is 5.88 Å². The SMILES string of the molecule is CS(=O)(=O)CC1COc2c(C(=O)N[C@H]3N=C(c4ccccc4)c4cccc(F)c4NC3=O)c(-c3ccccc3F)nn2C1. The minimum atomic E-state index is -3.33. The number of hydrogen-bond donors (Lipinski definition) is 2. The largest absolute Gasteiger partial charge is 0.477 e. The Morgan fingerprint density at radius 2 is 1.72 bits per heavy atom. The van der Waals surface area contributed by atoms with Gasteiger partial charge in [0.05, 0.1) is 30.3 Å². The van der Waals surface area contributed by atoms with Gasteiger partial charge < -0.3 is 15.4 Å². The molecule has 3 heterocycles. The molecule has 2 amide bonds. The van der Waals surface area contributed by atoms with E-state index in [9.17, 15) is 26.8 Å². The Morgan fingerprint density at radius 1 is 1.02 bits per heavy atom. The summed E-state index contributed by atoms with van der Waals surface area (Å²) < 4.78 is 60.8. The highest BCUT2D eigenvalue weighted by atomic mass is 32.2. The highest BCUT2D eigenvalue weighted by Crippen LogP contribution is 2.35. The molecule has 1 aromatic heterocycles. The zero-order valence-corrected chi connectivity index (χ0v) is 23.6. The molecule has 2 atom stereocenters. The smallest absolute Gasteiger partial charge is 0.269 e. The minimum absolute atomic E-state index is 0.00359. The van der Waals surface area contributed by atoms with E-state index in [2.05, 4.69) is 20.7 Å². The van der Waals surface area contributed by atoms with Crippen LogP contribution in [-0.2, 0) is 21.2 Å². The average molecular weight is 606 g/mol. The number of hydrogen-bond acceptors (Lipinski definition) is 7. The fourth-order valence-electron chi connectivity index (χ4n) is 5.20. The fraction of sp³-hybridized carbons (Fsp3) is 0.200. The minimum Gasteiger partial charge on any atom is -0.477 e. The number of benzene rings is 3. The number of carbonyl (C=O) groups excluding carboxylic acids is 2. The van der Waals surface area contributed by atoms with Crippen molar-refractivity contribution in [1.82, 2.24) is 15.1 Å². The number of anilines is 1. The molecule has 220 valence electrons. The lowest BCUT2D eigenvalue weighted by atomic mass is 10.0. The van der Waals surface area contributed by atoms with Crippen molar-refractivity contribution in [1.29, 1.82) is 0 Å². The number of carbonyl (C=O) groups is 2. The van der Waals surface area contributed by atoms with Crippen LogP contribution >= 0.6 is 0 Å². The van der Waals surface area contributed by atoms with Gasteiger partial charge in [-0.15, -0.1) is 0 Å². The fourth-order valence-corrected chi connectivity index (χ4v) is 6.26. The molecule has 0 saturated heterocycles. The first-order valence-corrected chi connectivity index (χ1v) is 15.3. The van der Waals surface area contributed by atoms with E-state index in [4.69, 9.17) is 4.74 Å². The molecule has 13 heteroatoms. The van der Waals surface area contributed by atoms with Gasteiger partial charge in [-0.3, -0.25) is 9.59 Å². The van der Waals surface area contributed by atoms with E-state index in [1.807, 2.05) is 0 Å². The molecule has 3 aromatic carbocycles. The van der Waals surface area contributed by atoms with Crippen LogP contribution in [0.1, 0.15) is 21.5 Å². The van der Waals surface area contributed by atoms with Crippen LogP contribution < -0.4 is 15.4 Å². The van der Waals surface area contributed by atoms with Crippen LogP contribution in [0.25, 0.3) is 11.3 Å². The number of aromatic nitrogens is 2. The van der Waals surface area contributed by atoms with Gasteiger partial charge in [0.2, 0.25) is 12.0 Å². The number of ether oxygens (including phenoxy) is 1. The zero-order valence-electron chi connectivity index (χ0n) is 22.8. The molecule has 1 unspecified atom stereocenters. The number of benzodiazepines with no additional fused rings is 1. The van der Waals surface area contributed by atoms with E-state index in [1.165, 1.54) is 35.0 Å².